The summed E-state index contributed by atoms with van der Waals surface area (Å²) in [7, 11) is 0. The summed E-state index contributed by atoms with van der Waals surface area (Å²) in [6.45, 7) is 0.938. The molecule has 0 fully saturated rings. The molecule has 3 N–H and O–H groups in total. The van der Waals surface area contributed by atoms with Gasteiger partial charge in [-0.2, -0.15) is 0 Å². The Morgan fingerprint density at radius 3 is 1.96 bits per heavy atom. The Kier molecular flexibility index (Phi) is 8.69. The zero-order valence-corrected chi connectivity index (χ0v) is 16.6. The Hall–Kier alpha value is -2.66. The molecule has 0 unspecified atom stereocenters. The van der Waals surface area contributed by atoms with Crippen molar-refractivity contribution in [2.45, 2.75) is 13.1 Å². The summed E-state index contributed by atoms with van der Waals surface area (Å²) in [6.07, 6.45) is 1.56. The lowest BCUT2D eigenvalue weighted by atomic mass is 10.1. The fraction of sp³-hybridized carbons (Fsp3) is 0.0909. The van der Waals surface area contributed by atoms with Crippen molar-refractivity contribution in [1.29, 1.82) is 0 Å². The molecular formula is C22H20Cl2N2O2. The number of hydrogen-bond acceptors (Lipinski definition) is 3. The van der Waals surface area contributed by atoms with Crippen LogP contribution >= 0.6 is 23.2 Å². The summed E-state index contributed by atoms with van der Waals surface area (Å²) in [5.74, 6) is -0.959. The van der Waals surface area contributed by atoms with Gasteiger partial charge < -0.3 is 10.8 Å². The molecule has 3 aromatic carbocycles. The first-order valence-corrected chi connectivity index (χ1v) is 9.27. The molecule has 0 spiro atoms. The minimum atomic E-state index is -0.959. The van der Waals surface area contributed by atoms with E-state index in [0.717, 1.165) is 16.1 Å². The van der Waals surface area contributed by atoms with Crippen molar-refractivity contribution in [1.82, 2.24) is 0 Å². The molecule has 0 atom stereocenters. The molecule has 144 valence electrons. The summed E-state index contributed by atoms with van der Waals surface area (Å²) >= 11 is 11.8. The van der Waals surface area contributed by atoms with Crippen LogP contribution < -0.4 is 5.73 Å². The third kappa shape index (κ3) is 6.50. The van der Waals surface area contributed by atoms with Crippen LogP contribution in [0.3, 0.4) is 0 Å². The number of rotatable bonds is 5. The van der Waals surface area contributed by atoms with Gasteiger partial charge in [-0.3, -0.25) is 4.99 Å². The first-order chi connectivity index (χ1) is 13.5. The van der Waals surface area contributed by atoms with Crippen LogP contribution in [0.15, 0.2) is 77.8 Å². The Balaban J connectivity index is 0.000000261. The average molecular weight is 415 g/mol. The number of aliphatic imine (C=N–C) groups is 1. The van der Waals surface area contributed by atoms with E-state index in [0.29, 0.717) is 23.7 Å². The maximum atomic E-state index is 11.0. The number of carbonyl (C=O) groups is 1. The van der Waals surface area contributed by atoms with Gasteiger partial charge in [0, 0.05) is 28.4 Å². The maximum Gasteiger partial charge on any atom is 0.336 e. The summed E-state index contributed by atoms with van der Waals surface area (Å²) in [5.41, 5.74) is 8.10. The van der Waals surface area contributed by atoms with Crippen LogP contribution in [0.25, 0.3) is 0 Å². The highest BCUT2D eigenvalue weighted by molar-refractivity contribution is 6.31. The van der Waals surface area contributed by atoms with E-state index in [4.69, 9.17) is 34.0 Å². The summed E-state index contributed by atoms with van der Waals surface area (Å²) in [5, 5.41) is 10.5. The van der Waals surface area contributed by atoms with Gasteiger partial charge in [0.15, 0.2) is 0 Å². The van der Waals surface area contributed by atoms with E-state index in [9.17, 15) is 4.79 Å². The highest BCUT2D eigenvalue weighted by Gasteiger charge is 2.06. The monoisotopic (exact) mass is 414 g/mol. The molecule has 28 heavy (non-hydrogen) atoms. The van der Waals surface area contributed by atoms with Gasteiger partial charge in [0.2, 0.25) is 0 Å². The molecule has 0 aromatic heterocycles. The van der Waals surface area contributed by atoms with Crippen LogP contribution in [0.2, 0.25) is 10.0 Å². The van der Waals surface area contributed by atoms with Crippen LogP contribution in [-0.4, -0.2) is 17.3 Å². The number of nitrogens with zero attached hydrogens (tertiary/aromatic N) is 1. The molecule has 0 saturated carbocycles. The number of hydrogen-bond donors (Lipinski definition) is 2. The largest absolute Gasteiger partial charge is 0.478 e. The number of carboxylic acids is 1. The van der Waals surface area contributed by atoms with Crippen LogP contribution in [-0.2, 0) is 13.1 Å². The summed E-state index contributed by atoms with van der Waals surface area (Å²) in [4.78, 5) is 15.3. The van der Waals surface area contributed by atoms with Crippen LogP contribution in [0.4, 0.5) is 0 Å². The Morgan fingerprint density at radius 1 is 0.893 bits per heavy atom. The van der Waals surface area contributed by atoms with Gasteiger partial charge in [-0.05, 0) is 29.3 Å². The quantitative estimate of drug-likeness (QED) is 0.544. The first-order valence-electron chi connectivity index (χ1n) is 8.52. The normalized spacial score (nSPS) is 10.4. The third-order valence-corrected chi connectivity index (χ3v) is 4.56. The van der Waals surface area contributed by atoms with E-state index in [1.54, 1.807) is 36.5 Å². The maximum absolute atomic E-state index is 11.0. The number of nitrogens with two attached hydrogens (primary N) is 1. The molecule has 3 aromatic rings. The topological polar surface area (TPSA) is 75.7 Å². The minimum Gasteiger partial charge on any atom is -0.478 e. The molecule has 0 bridgehead atoms. The number of carboxylic acid groups (broad SMARTS) is 1. The Bertz CT molecular complexity index is 959. The third-order valence-electron chi connectivity index (χ3n) is 3.82. The molecule has 4 nitrogen and oxygen atoms in total. The predicted octanol–water partition coefficient (Wildman–Crippen LogP) is 5.46. The van der Waals surface area contributed by atoms with E-state index in [-0.39, 0.29) is 5.56 Å². The lowest BCUT2D eigenvalue weighted by Crippen LogP contribution is -2.01. The van der Waals surface area contributed by atoms with Gasteiger partial charge in [-0.1, -0.05) is 77.8 Å². The fourth-order valence-electron chi connectivity index (χ4n) is 2.34. The van der Waals surface area contributed by atoms with E-state index in [1.165, 1.54) is 0 Å². The molecule has 0 aliphatic heterocycles. The second-order valence-electron chi connectivity index (χ2n) is 5.75. The molecule has 0 heterocycles. The Labute approximate surface area is 174 Å². The smallest absolute Gasteiger partial charge is 0.336 e. The van der Waals surface area contributed by atoms with Crippen LogP contribution in [0.5, 0.6) is 0 Å². The standard InChI is InChI=1S/C15H12ClNO2.C7H8ClN/c16-14-8-4-2-6-12(14)10-17-9-11-5-1-3-7-13(11)15(18)19;8-7-4-2-1-3-6(7)5-9/h1-9H,10H2,(H,18,19);1-4H,5,9H2. The van der Waals surface area contributed by atoms with E-state index < -0.39 is 5.97 Å². The number of aromatic carboxylic acids is 1. The molecule has 0 radical (unpaired) electrons. The molecule has 0 saturated heterocycles. The average Bonchev–Trinajstić information content (AvgIpc) is 2.70. The first kappa shape index (κ1) is 21.6. The van der Waals surface area contributed by atoms with Gasteiger partial charge in [-0.15, -0.1) is 0 Å². The molecule has 0 aliphatic carbocycles. The van der Waals surface area contributed by atoms with Crippen molar-refractivity contribution in [3.05, 3.63) is 105 Å². The Morgan fingerprint density at radius 2 is 1.43 bits per heavy atom. The lowest BCUT2D eigenvalue weighted by molar-refractivity contribution is 0.0697. The van der Waals surface area contributed by atoms with Crippen LogP contribution in [0, 0.1) is 0 Å². The summed E-state index contributed by atoms with van der Waals surface area (Å²) in [6, 6.07) is 21.8. The van der Waals surface area contributed by atoms with E-state index in [1.807, 2.05) is 42.5 Å². The zero-order chi connectivity index (χ0) is 20.4. The summed E-state index contributed by atoms with van der Waals surface area (Å²) < 4.78 is 0. The zero-order valence-electron chi connectivity index (χ0n) is 15.1. The molecule has 3 rings (SSSR count). The highest BCUT2D eigenvalue weighted by Crippen LogP contribution is 2.16. The molecule has 0 aliphatic rings. The molecule has 0 amide bonds. The van der Waals surface area contributed by atoms with E-state index >= 15 is 0 Å². The van der Waals surface area contributed by atoms with Crippen LogP contribution in [0.1, 0.15) is 27.0 Å². The van der Waals surface area contributed by atoms with Gasteiger partial charge in [0.05, 0.1) is 12.1 Å². The van der Waals surface area contributed by atoms with Crippen molar-refractivity contribution in [2.75, 3.05) is 0 Å². The van der Waals surface area contributed by atoms with Crippen molar-refractivity contribution < 1.29 is 9.90 Å². The van der Waals surface area contributed by atoms with Gasteiger partial charge in [0.1, 0.15) is 0 Å². The number of benzene rings is 3. The second kappa shape index (κ2) is 11.2. The highest BCUT2D eigenvalue weighted by atomic mass is 35.5. The second-order valence-corrected chi connectivity index (χ2v) is 6.56. The lowest BCUT2D eigenvalue weighted by Gasteiger charge is -2.01. The minimum absolute atomic E-state index is 0.241. The van der Waals surface area contributed by atoms with Crippen molar-refractivity contribution in [2.24, 2.45) is 10.7 Å². The molecular weight excluding hydrogens is 395 g/mol. The number of halogens is 2. The SMILES string of the molecule is NCc1ccccc1Cl.O=C(O)c1ccccc1C=NCc1ccccc1Cl. The van der Waals surface area contributed by atoms with Crippen molar-refractivity contribution in [3.63, 3.8) is 0 Å². The fourth-order valence-corrected chi connectivity index (χ4v) is 2.75. The molecule has 6 heteroatoms. The van der Waals surface area contributed by atoms with Crippen molar-refractivity contribution in [3.8, 4) is 0 Å². The predicted molar refractivity (Wildman–Crippen MR) is 115 cm³/mol. The van der Waals surface area contributed by atoms with Gasteiger partial charge in [-0.25, -0.2) is 4.79 Å². The van der Waals surface area contributed by atoms with Crippen molar-refractivity contribution >= 4 is 35.4 Å². The van der Waals surface area contributed by atoms with Gasteiger partial charge >= 0.3 is 5.97 Å². The van der Waals surface area contributed by atoms with Gasteiger partial charge in [0.25, 0.3) is 0 Å². The van der Waals surface area contributed by atoms with E-state index in [2.05, 4.69) is 4.99 Å².